The van der Waals surface area contributed by atoms with E-state index in [4.69, 9.17) is 0 Å². The highest BCUT2D eigenvalue weighted by molar-refractivity contribution is 6.00. The van der Waals surface area contributed by atoms with Crippen LogP contribution >= 0.6 is 0 Å². The number of hydrogen-bond donors (Lipinski definition) is 2. The summed E-state index contributed by atoms with van der Waals surface area (Å²) < 4.78 is 26.5. The second kappa shape index (κ2) is 7.00. The van der Waals surface area contributed by atoms with Gasteiger partial charge in [0.15, 0.2) is 0 Å². The Labute approximate surface area is 132 Å². The van der Waals surface area contributed by atoms with Gasteiger partial charge in [-0.15, -0.1) is 0 Å². The van der Waals surface area contributed by atoms with Crippen LogP contribution in [0, 0.1) is 25.5 Å². The lowest BCUT2D eigenvalue weighted by atomic mass is 10.1. The van der Waals surface area contributed by atoms with E-state index >= 15 is 0 Å². The molecule has 0 fully saturated rings. The minimum atomic E-state index is -0.848. The normalized spacial score (nSPS) is 10.3. The van der Waals surface area contributed by atoms with Crippen LogP contribution in [-0.4, -0.2) is 18.4 Å². The van der Waals surface area contributed by atoms with E-state index in [0.717, 1.165) is 29.3 Å². The van der Waals surface area contributed by atoms with Crippen LogP contribution in [0.25, 0.3) is 0 Å². The summed E-state index contributed by atoms with van der Waals surface area (Å²) in [7, 11) is 0. The lowest BCUT2D eigenvalue weighted by Crippen LogP contribution is -2.33. The van der Waals surface area contributed by atoms with Gasteiger partial charge in [0.2, 0.25) is 5.91 Å². The van der Waals surface area contributed by atoms with Crippen molar-refractivity contribution in [1.82, 2.24) is 5.32 Å². The SMILES string of the molecule is Cc1cccc(C)c1NC(=O)CNC(=O)c1cc(F)ccc1F. The Balaban J connectivity index is 1.99. The van der Waals surface area contributed by atoms with Gasteiger partial charge in [-0.2, -0.15) is 0 Å². The third-order valence-corrected chi connectivity index (χ3v) is 3.33. The maximum absolute atomic E-state index is 13.5. The fraction of sp³-hybridized carbons (Fsp3) is 0.176. The summed E-state index contributed by atoms with van der Waals surface area (Å²) in [4.78, 5) is 23.7. The Morgan fingerprint density at radius 2 is 1.70 bits per heavy atom. The van der Waals surface area contributed by atoms with Crippen LogP contribution in [0.1, 0.15) is 21.5 Å². The molecule has 0 atom stereocenters. The fourth-order valence-corrected chi connectivity index (χ4v) is 2.12. The summed E-state index contributed by atoms with van der Waals surface area (Å²) in [5.41, 5.74) is 2.01. The van der Waals surface area contributed by atoms with Gasteiger partial charge in [0.25, 0.3) is 5.91 Å². The predicted octanol–water partition coefficient (Wildman–Crippen LogP) is 2.95. The number of rotatable bonds is 4. The zero-order valence-electron chi connectivity index (χ0n) is 12.7. The van der Waals surface area contributed by atoms with Crippen LogP contribution in [0.3, 0.4) is 0 Å². The molecule has 2 rings (SSSR count). The number of anilines is 1. The van der Waals surface area contributed by atoms with Gasteiger partial charge in [-0.3, -0.25) is 9.59 Å². The van der Waals surface area contributed by atoms with Gasteiger partial charge in [-0.1, -0.05) is 18.2 Å². The molecule has 0 radical (unpaired) electrons. The standard InChI is InChI=1S/C17H16F2N2O2/c1-10-4-3-5-11(2)16(10)21-15(22)9-20-17(23)13-8-12(18)6-7-14(13)19/h3-8H,9H2,1-2H3,(H,20,23)(H,21,22). The molecule has 6 heteroatoms. The number of hydrogen-bond acceptors (Lipinski definition) is 2. The van der Waals surface area contributed by atoms with Gasteiger partial charge in [0.1, 0.15) is 11.6 Å². The maximum Gasteiger partial charge on any atom is 0.254 e. The number of para-hydroxylation sites is 1. The van der Waals surface area contributed by atoms with Gasteiger partial charge in [-0.25, -0.2) is 8.78 Å². The van der Waals surface area contributed by atoms with Crippen molar-refractivity contribution in [2.45, 2.75) is 13.8 Å². The molecule has 0 aliphatic rings. The first-order valence-corrected chi connectivity index (χ1v) is 6.98. The smallest absolute Gasteiger partial charge is 0.254 e. The van der Waals surface area contributed by atoms with Crippen LogP contribution in [-0.2, 0) is 4.79 Å². The Kier molecular flexibility index (Phi) is 5.05. The summed E-state index contributed by atoms with van der Waals surface area (Å²) in [6.45, 7) is 3.36. The molecule has 2 aromatic rings. The monoisotopic (exact) mass is 318 g/mol. The first-order chi connectivity index (χ1) is 10.9. The largest absolute Gasteiger partial charge is 0.343 e. The highest BCUT2D eigenvalue weighted by Gasteiger charge is 2.14. The molecule has 0 bridgehead atoms. The molecular formula is C17H16F2N2O2. The van der Waals surface area contributed by atoms with Crippen LogP contribution in [0.15, 0.2) is 36.4 Å². The molecular weight excluding hydrogens is 302 g/mol. The first-order valence-electron chi connectivity index (χ1n) is 6.98. The number of amides is 2. The van der Waals surface area contributed by atoms with Gasteiger partial charge < -0.3 is 10.6 Å². The lowest BCUT2D eigenvalue weighted by molar-refractivity contribution is -0.115. The van der Waals surface area contributed by atoms with Crippen molar-refractivity contribution in [3.05, 3.63) is 64.7 Å². The third kappa shape index (κ3) is 4.12. The van der Waals surface area contributed by atoms with E-state index in [2.05, 4.69) is 10.6 Å². The Hall–Kier alpha value is -2.76. The van der Waals surface area contributed by atoms with E-state index in [9.17, 15) is 18.4 Å². The second-order valence-corrected chi connectivity index (χ2v) is 5.12. The number of halogens is 2. The maximum atomic E-state index is 13.5. The summed E-state index contributed by atoms with van der Waals surface area (Å²) in [5, 5.41) is 4.96. The molecule has 0 saturated heterocycles. The quantitative estimate of drug-likeness (QED) is 0.910. The van der Waals surface area contributed by atoms with Crippen molar-refractivity contribution in [2.75, 3.05) is 11.9 Å². The van der Waals surface area contributed by atoms with E-state index in [1.54, 1.807) is 0 Å². The summed E-state index contributed by atoms with van der Waals surface area (Å²) >= 11 is 0. The molecule has 2 amide bonds. The van der Waals surface area contributed by atoms with Crippen molar-refractivity contribution < 1.29 is 18.4 Å². The zero-order valence-corrected chi connectivity index (χ0v) is 12.7. The van der Waals surface area contributed by atoms with Crippen molar-refractivity contribution >= 4 is 17.5 Å². The average molecular weight is 318 g/mol. The predicted molar refractivity (Wildman–Crippen MR) is 83.2 cm³/mol. The topological polar surface area (TPSA) is 58.2 Å². The Bertz CT molecular complexity index is 740. The molecule has 0 aromatic heterocycles. The number of benzene rings is 2. The Morgan fingerprint density at radius 3 is 2.35 bits per heavy atom. The van der Waals surface area contributed by atoms with E-state index < -0.39 is 29.0 Å². The molecule has 0 spiro atoms. The van der Waals surface area contributed by atoms with E-state index in [1.165, 1.54) is 0 Å². The molecule has 4 nitrogen and oxygen atoms in total. The molecule has 23 heavy (non-hydrogen) atoms. The molecule has 120 valence electrons. The minimum absolute atomic E-state index is 0.345. The third-order valence-electron chi connectivity index (χ3n) is 3.33. The van der Waals surface area contributed by atoms with Crippen molar-refractivity contribution in [3.63, 3.8) is 0 Å². The van der Waals surface area contributed by atoms with E-state index in [1.807, 2.05) is 32.0 Å². The molecule has 2 N–H and O–H groups in total. The fourth-order valence-electron chi connectivity index (χ4n) is 2.12. The van der Waals surface area contributed by atoms with Crippen LogP contribution < -0.4 is 10.6 Å². The molecule has 0 unspecified atom stereocenters. The van der Waals surface area contributed by atoms with Gasteiger partial charge in [-0.05, 0) is 43.2 Å². The van der Waals surface area contributed by atoms with Crippen LogP contribution in [0.2, 0.25) is 0 Å². The highest BCUT2D eigenvalue weighted by atomic mass is 19.1. The molecule has 0 aliphatic carbocycles. The first kappa shape index (κ1) is 16.6. The molecule has 0 heterocycles. The summed E-state index contributed by atoms with van der Waals surface area (Å²) in [6.07, 6.45) is 0. The van der Waals surface area contributed by atoms with Gasteiger partial charge >= 0.3 is 0 Å². The minimum Gasteiger partial charge on any atom is -0.343 e. The van der Waals surface area contributed by atoms with Crippen molar-refractivity contribution in [1.29, 1.82) is 0 Å². The molecule has 0 aliphatic heterocycles. The van der Waals surface area contributed by atoms with Gasteiger partial charge in [0.05, 0.1) is 12.1 Å². The summed E-state index contributed by atoms with van der Waals surface area (Å²) in [6, 6.07) is 8.14. The lowest BCUT2D eigenvalue weighted by Gasteiger charge is -2.12. The van der Waals surface area contributed by atoms with Crippen LogP contribution in [0.4, 0.5) is 14.5 Å². The number of carbonyl (C=O) groups excluding carboxylic acids is 2. The van der Waals surface area contributed by atoms with Crippen molar-refractivity contribution in [2.24, 2.45) is 0 Å². The molecule has 2 aromatic carbocycles. The number of nitrogens with one attached hydrogen (secondary N) is 2. The summed E-state index contributed by atoms with van der Waals surface area (Å²) in [5.74, 6) is -2.87. The zero-order chi connectivity index (χ0) is 17.0. The van der Waals surface area contributed by atoms with Gasteiger partial charge in [0, 0.05) is 5.69 Å². The van der Waals surface area contributed by atoms with E-state index in [-0.39, 0.29) is 6.54 Å². The molecule has 0 saturated carbocycles. The average Bonchev–Trinajstić information content (AvgIpc) is 2.51. The van der Waals surface area contributed by atoms with E-state index in [0.29, 0.717) is 5.69 Å². The second-order valence-electron chi connectivity index (χ2n) is 5.12. The van der Waals surface area contributed by atoms with Crippen molar-refractivity contribution in [3.8, 4) is 0 Å². The van der Waals surface area contributed by atoms with Crippen LogP contribution in [0.5, 0.6) is 0 Å². The highest BCUT2D eigenvalue weighted by Crippen LogP contribution is 2.19. The number of aryl methyl sites for hydroxylation is 2. The Morgan fingerprint density at radius 1 is 1.04 bits per heavy atom. The number of carbonyl (C=O) groups is 2.